The van der Waals surface area contributed by atoms with E-state index in [1.807, 2.05) is 13.8 Å². The molecule has 1 nitrogen and oxygen atoms in total. The molecule has 0 spiro atoms. The molecule has 0 bridgehead atoms. The fraction of sp³-hybridized carbons (Fsp3) is 0.600. The lowest BCUT2D eigenvalue weighted by Gasteiger charge is -2.00. The third-order valence-corrected chi connectivity index (χ3v) is 1.06. The van der Waals surface area contributed by atoms with Crippen LogP contribution >= 0.6 is 0 Å². The van der Waals surface area contributed by atoms with Crippen LogP contribution in [0, 0.1) is 0 Å². The number of allylic oxidation sites excluding steroid dienone is 1. The van der Waals surface area contributed by atoms with E-state index in [0.717, 1.165) is 18.6 Å². The minimum atomic E-state index is 0.812. The van der Waals surface area contributed by atoms with Gasteiger partial charge in [0.05, 0.1) is 12.0 Å². The van der Waals surface area contributed by atoms with Crippen LogP contribution in [0.15, 0.2) is 25.2 Å². The largest absolute Gasteiger partial charge is 0.471 e. The summed E-state index contributed by atoms with van der Waals surface area (Å²) in [4.78, 5) is 0. The lowest BCUT2D eigenvalue weighted by Crippen LogP contribution is -1.81. The molecule has 11 heavy (non-hydrogen) atoms. The van der Waals surface area contributed by atoms with Crippen molar-refractivity contribution in [1.29, 1.82) is 0 Å². The SMILES string of the molecule is C=COC(=C)CCCC.CC. The molecule has 0 aromatic carbocycles. The van der Waals surface area contributed by atoms with Gasteiger partial charge in [-0.25, -0.2) is 0 Å². The van der Waals surface area contributed by atoms with Crippen molar-refractivity contribution in [2.75, 3.05) is 0 Å². The number of hydrogen-bond acceptors (Lipinski definition) is 1. The van der Waals surface area contributed by atoms with Gasteiger partial charge in [0.25, 0.3) is 0 Å². The molecule has 0 aromatic rings. The molecule has 1 heteroatoms. The lowest BCUT2D eigenvalue weighted by atomic mass is 10.2. The van der Waals surface area contributed by atoms with E-state index in [0.29, 0.717) is 0 Å². The molecule has 66 valence electrons. The Morgan fingerprint density at radius 3 is 2.36 bits per heavy atom. The monoisotopic (exact) mass is 156 g/mol. The summed E-state index contributed by atoms with van der Waals surface area (Å²) in [5.74, 6) is 0.812. The molecular weight excluding hydrogens is 136 g/mol. The van der Waals surface area contributed by atoms with Crippen molar-refractivity contribution in [1.82, 2.24) is 0 Å². The van der Waals surface area contributed by atoms with Gasteiger partial charge in [-0.3, -0.25) is 0 Å². The molecule has 0 atom stereocenters. The summed E-state index contributed by atoms with van der Waals surface area (Å²) in [5, 5.41) is 0. The third kappa shape index (κ3) is 12.5. The Balaban J connectivity index is 0. The Kier molecular flexibility index (Phi) is 14.1. The standard InChI is InChI=1S/C8H14O.C2H6/c1-4-6-7-8(3)9-5-2;1-2/h5H,2-4,6-7H2,1H3;1-2H3. The van der Waals surface area contributed by atoms with E-state index >= 15 is 0 Å². The molecule has 0 aliphatic rings. The fourth-order valence-electron chi connectivity index (χ4n) is 0.551. The molecule has 0 radical (unpaired) electrons. The summed E-state index contributed by atoms with van der Waals surface area (Å²) < 4.78 is 4.91. The van der Waals surface area contributed by atoms with E-state index in [1.165, 1.54) is 12.7 Å². The van der Waals surface area contributed by atoms with E-state index in [-0.39, 0.29) is 0 Å². The zero-order chi connectivity index (χ0) is 9.11. The number of ether oxygens (including phenoxy) is 1. The first-order valence-electron chi connectivity index (χ1n) is 4.26. The van der Waals surface area contributed by atoms with Crippen LogP contribution in [0.4, 0.5) is 0 Å². The predicted molar refractivity (Wildman–Crippen MR) is 51.3 cm³/mol. The number of unbranched alkanes of at least 4 members (excludes halogenated alkanes) is 1. The number of hydrogen-bond donors (Lipinski definition) is 0. The topological polar surface area (TPSA) is 9.23 Å². The quantitative estimate of drug-likeness (QED) is 0.549. The fourth-order valence-corrected chi connectivity index (χ4v) is 0.551. The van der Waals surface area contributed by atoms with Crippen molar-refractivity contribution >= 4 is 0 Å². The van der Waals surface area contributed by atoms with Crippen molar-refractivity contribution < 1.29 is 4.74 Å². The Bertz CT molecular complexity index is 95.0. The molecule has 0 aromatic heterocycles. The molecule has 0 saturated carbocycles. The van der Waals surface area contributed by atoms with Crippen LogP contribution in [0.1, 0.15) is 40.0 Å². The number of rotatable bonds is 5. The summed E-state index contributed by atoms with van der Waals surface area (Å²) in [5.41, 5.74) is 0. The van der Waals surface area contributed by atoms with Gasteiger partial charge in [-0.15, -0.1) is 0 Å². The molecule has 0 saturated heterocycles. The lowest BCUT2D eigenvalue weighted by molar-refractivity contribution is 0.333. The van der Waals surface area contributed by atoms with Gasteiger partial charge in [0.1, 0.15) is 0 Å². The molecule has 0 rings (SSSR count). The maximum atomic E-state index is 4.91. The molecule has 0 unspecified atom stereocenters. The van der Waals surface area contributed by atoms with E-state index < -0.39 is 0 Å². The Hall–Kier alpha value is -0.720. The van der Waals surface area contributed by atoms with Gasteiger partial charge >= 0.3 is 0 Å². The summed E-state index contributed by atoms with van der Waals surface area (Å²) in [6.45, 7) is 13.3. The van der Waals surface area contributed by atoms with Crippen LogP contribution < -0.4 is 0 Å². The molecular formula is C10H20O. The minimum absolute atomic E-state index is 0.812. The van der Waals surface area contributed by atoms with Crippen LogP contribution in [-0.4, -0.2) is 0 Å². The smallest absolute Gasteiger partial charge is 0.0960 e. The van der Waals surface area contributed by atoms with Gasteiger partial charge in [0, 0.05) is 6.42 Å². The first kappa shape index (κ1) is 12.9. The highest BCUT2D eigenvalue weighted by Crippen LogP contribution is 2.05. The minimum Gasteiger partial charge on any atom is -0.471 e. The van der Waals surface area contributed by atoms with Crippen molar-refractivity contribution in [3.63, 3.8) is 0 Å². The van der Waals surface area contributed by atoms with Gasteiger partial charge in [0.2, 0.25) is 0 Å². The van der Waals surface area contributed by atoms with Crippen LogP contribution in [0.2, 0.25) is 0 Å². The second kappa shape index (κ2) is 12.0. The van der Waals surface area contributed by atoms with E-state index in [2.05, 4.69) is 20.1 Å². The summed E-state index contributed by atoms with van der Waals surface area (Å²) in [7, 11) is 0. The molecule has 0 heterocycles. The summed E-state index contributed by atoms with van der Waals surface area (Å²) in [6, 6.07) is 0. The predicted octanol–water partition coefficient (Wildman–Crippen LogP) is 3.88. The molecule has 0 aliphatic heterocycles. The van der Waals surface area contributed by atoms with Crippen molar-refractivity contribution in [3.05, 3.63) is 25.2 Å². The zero-order valence-corrected chi connectivity index (χ0v) is 8.02. The Labute approximate surface area is 70.8 Å². The average Bonchev–Trinajstić information content (AvgIpc) is 2.05. The average molecular weight is 156 g/mol. The molecule has 0 amide bonds. The Morgan fingerprint density at radius 2 is 2.00 bits per heavy atom. The van der Waals surface area contributed by atoms with Crippen LogP contribution in [0.3, 0.4) is 0 Å². The third-order valence-electron chi connectivity index (χ3n) is 1.06. The molecule has 0 aliphatic carbocycles. The molecule has 0 fully saturated rings. The summed E-state index contributed by atoms with van der Waals surface area (Å²) >= 11 is 0. The molecule has 0 N–H and O–H groups in total. The van der Waals surface area contributed by atoms with Crippen LogP contribution in [0.5, 0.6) is 0 Å². The van der Waals surface area contributed by atoms with Crippen molar-refractivity contribution in [2.24, 2.45) is 0 Å². The Morgan fingerprint density at radius 1 is 1.45 bits per heavy atom. The second-order valence-electron chi connectivity index (χ2n) is 1.93. The van der Waals surface area contributed by atoms with Crippen LogP contribution in [0.25, 0.3) is 0 Å². The first-order chi connectivity index (χ1) is 5.31. The van der Waals surface area contributed by atoms with E-state index in [1.54, 1.807) is 0 Å². The highest BCUT2D eigenvalue weighted by Gasteiger charge is 1.89. The van der Waals surface area contributed by atoms with Gasteiger partial charge in [-0.05, 0) is 6.42 Å². The van der Waals surface area contributed by atoms with Gasteiger partial charge in [-0.1, -0.05) is 40.3 Å². The van der Waals surface area contributed by atoms with Gasteiger partial charge in [-0.2, -0.15) is 0 Å². The van der Waals surface area contributed by atoms with Gasteiger partial charge in [0.15, 0.2) is 0 Å². The maximum absolute atomic E-state index is 4.91. The highest BCUT2D eigenvalue weighted by molar-refractivity contribution is 4.83. The first-order valence-corrected chi connectivity index (χ1v) is 4.26. The van der Waals surface area contributed by atoms with Gasteiger partial charge < -0.3 is 4.74 Å². The highest BCUT2D eigenvalue weighted by atomic mass is 16.5. The van der Waals surface area contributed by atoms with E-state index in [9.17, 15) is 0 Å². The second-order valence-corrected chi connectivity index (χ2v) is 1.93. The maximum Gasteiger partial charge on any atom is 0.0960 e. The normalized spacial score (nSPS) is 7.55. The van der Waals surface area contributed by atoms with Crippen molar-refractivity contribution in [2.45, 2.75) is 40.0 Å². The van der Waals surface area contributed by atoms with E-state index in [4.69, 9.17) is 4.74 Å². The van der Waals surface area contributed by atoms with Crippen molar-refractivity contribution in [3.8, 4) is 0 Å². The summed E-state index contributed by atoms with van der Waals surface area (Å²) in [6.07, 6.45) is 4.69. The zero-order valence-electron chi connectivity index (χ0n) is 8.02. The van der Waals surface area contributed by atoms with Crippen LogP contribution in [-0.2, 0) is 4.74 Å².